The second-order valence-corrected chi connectivity index (χ2v) is 8.55. The number of hydrogen-bond donors (Lipinski definition) is 2. The molecule has 2 aromatic rings. The van der Waals surface area contributed by atoms with E-state index in [1.54, 1.807) is 26.8 Å². The van der Waals surface area contributed by atoms with Gasteiger partial charge in [0.15, 0.2) is 0 Å². The second kappa shape index (κ2) is 9.17. The van der Waals surface area contributed by atoms with Crippen LogP contribution in [0, 0.1) is 0 Å². The number of ether oxygens (including phenoxy) is 1. The van der Waals surface area contributed by atoms with Crippen LogP contribution in [0.15, 0.2) is 48.5 Å². The third-order valence-corrected chi connectivity index (χ3v) is 4.75. The molecule has 3 rings (SSSR count). The number of rotatable bonds is 5. The number of hydroxylamine groups is 1. The molecule has 0 fully saturated rings. The van der Waals surface area contributed by atoms with Crippen molar-refractivity contribution >= 4 is 29.5 Å². The number of benzene rings is 2. The maximum Gasteiger partial charge on any atom is 0.534 e. The molecule has 0 radical (unpaired) electrons. The highest BCUT2D eigenvalue weighted by molar-refractivity contribution is 6.01. The lowest BCUT2D eigenvalue weighted by Gasteiger charge is -2.33. The topological polar surface area (TPSA) is 108 Å². The fraction of sp³-hybridized carbons (Fsp3) is 0.348. The summed E-state index contributed by atoms with van der Waals surface area (Å²) < 4.78 is 5.15. The molecule has 9 nitrogen and oxygen atoms in total. The molecular weight excluding hydrogens is 414 g/mol. The molecule has 0 saturated carbocycles. The summed E-state index contributed by atoms with van der Waals surface area (Å²) >= 11 is 0. The minimum Gasteiger partial charge on any atom is -0.465 e. The number of carbonyl (C=O) groups excluding carboxylic acids is 2. The third kappa shape index (κ3) is 5.69. The number of hydrogen-bond acceptors (Lipinski definition) is 6. The summed E-state index contributed by atoms with van der Waals surface area (Å²) in [4.78, 5) is 43.5. The second-order valence-electron chi connectivity index (χ2n) is 8.55. The average Bonchev–Trinajstić information content (AvgIpc) is 2.70. The maximum atomic E-state index is 12.8. The van der Waals surface area contributed by atoms with Crippen LogP contribution in [0.3, 0.4) is 0 Å². The number of nitrogens with zero attached hydrogens (tertiary/aromatic N) is 2. The Bertz CT molecular complexity index is 1000. The Morgan fingerprint density at radius 2 is 1.88 bits per heavy atom. The molecule has 0 saturated heterocycles. The van der Waals surface area contributed by atoms with E-state index in [2.05, 4.69) is 10.2 Å². The molecule has 2 amide bonds. The summed E-state index contributed by atoms with van der Waals surface area (Å²) in [6.07, 6.45) is -2.26. The predicted octanol–water partition coefficient (Wildman–Crippen LogP) is 3.72. The molecular formula is C23H27N3O6. The molecule has 170 valence electrons. The van der Waals surface area contributed by atoms with E-state index in [0.717, 1.165) is 16.3 Å². The summed E-state index contributed by atoms with van der Waals surface area (Å²) in [5.41, 5.74) is 2.22. The van der Waals surface area contributed by atoms with Crippen LogP contribution in [0.1, 0.15) is 31.9 Å². The van der Waals surface area contributed by atoms with Gasteiger partial charge in [-0.25, -0.2) is 9.59 Å². The minimum absolute atomic E-state index is 0.136. The highest BCUT2D eigenvalue weighted by atomic mass is 16.8. The van der Waals surface area contributed by atoms with Crippen LogP contribution in [0.25, 0.3) is 0 Å². The Balaban J connectivity index is 1.87. The van der Waals surface area contributed by atoms with Gasteiger partial charge < -0.3 is 20.1 Å². The zero-order valence-corrected chi connectivity index (χ0v) is 18.5. The van der Waals surface area contributed by atoms with Gasteiger partial charge in [-0.2, -0.15) is 0 Å². The highest BCUT2D eigenvalue weighted by Gasteiger charge is 2.37. The number of fused-ring (bicyclic) bond motifs is 1. The van der Waals surface area contributed by atoms with E-state index < -0.39 is 29.8 Å². The van der Waals surface area contributed by atoms with Crippen molar-refractivity contribution in [2.24, 2.45) is 0 Å². The Labute approximate surface area is 186 Å². The first kappa shape index (κ1) is 22.9. The van der Waals surface area contributed by atoms with Crippen molar-refractivity contribution in [3.63, 3.8) is 0 Å². The molecule has 9 heteroatoms. The van der Waals surface area contributed by atoms with E-state index in [4.69, 9.17) is 14.7 Å². The van der Waals surface area contributed by atoms with Crippen LogP contribution in [0.5, 0.6) is 0 Å². The van der Waals surface area contributed by atoms with E-state index in [1.165, 1.54) is 0 Å². The van der Waals surface area contributed by atoms with Crippen LogP contribution < -0.4 is 15.3 Å². The van der Waals surface area contributed by atoms with Gasteiger partial charge >= 0.3 is 12.2 Å². The number of carbonyl (C=O) groups is 3. The smallest absolute Gasteiger partial charge is 0.465 e. The van der Waals surface area contributed by atoms with Crippen molar-refractivity contribution in [2.45, 2.75) is 45.4 Å². The quantitative estimate of drug-likeness (QED) is 0.681. The van der Waals surface area contributed by atoms with Crippen molar-refractivity contribution in [1.29, 1.82) is 0 Å². The first-order valence-electron chi connectivity index (χ1n) is 10.2. The molecule has 1 atom stereocenters. The number of amides is 2. The summed E-state index contributed by atoms with van der Waals surface area (Å²) in [7, 11) is 1.96. The SMILES string of the molecule is CN(Cc1ccc2c(c1)C[C@H](NC(=O)O)C(=O)N2OC(=O)OC(C)(C)C)c1ccccc1. The molecule has 0 bridgehead atoms. The van der Waals surface area contributed by atoms with Crippen molar-refractivity contribution in [3.05, 3.63) is 59.7 Å². The number of nitrogens with one attached hydrogen (secondary N) is 1. The van der Waals surface area contributed by atoms with Gasteiger partial charge in [0.05, 0.1) is 5.69 Å². The normalized spacial score (nSPS) is 15.6. The molecule has 0 spiro atoms. The fourth-order valence-corrected chi connectivity index (χ4v) is 3.41. The number of para-hydroxylation sites is 1. The van der Waals surface area contributed by atoms with Crippen molar-refractivity contribution in [2.75, 3.05) is 17.0 Å². The Morgan fingerprint density at radius 1 is 1.19 bits per heavy atom. The van der Waals surface area contributed by atoms with Gasteiger partial charge in [-0.15, -0.1) is 5.06 Å². The van der Waals surface area contributed by atoms with E-state index >= 15 is 0 Å². The van der Waals surface area contributed by atoms with E-state index in [9.17, 15) is 14.4 Å². The summed E-state index contributed by atoms with van der Waals surface area (Å²) in [6, 6.07) is 14.2. The Morgan fingerprint density at radius 3 is 2.50 bits per heavy atom. The number of carboxylic acid groups (broad SMARTS) is 1. The number of anilines is 2. The Kier molecular flexibility index (Phi) is 6.57. The van der Waals surface area contributed by atoms with E-state index in [1.807, 2.05) is 49.5 Å². The molecule has 0 aliphatic carbocycles. The van der Waals surface area contributed by atoms with Crippen LogP contribution in [0.2, 0.25) is 0 Å². The molecule has 2 aromatic carbocycles. The highest BCUT2D eigenvalue weighted by Crippen LogP contribution is 2.30. The van der Waals surface area contributed by atoms with E-state index in [0.29, 0.717) is 17.8 Å². The van der Waals surface area contributed by atoms with Crippen molar-refractivity contribution < 1.29 is 29.1 Å². The lowest BCUT2D eigenvalue weighted by Crippen LogP contribution is -2.53. The van der Waals surface area contributed by atoms with Gasteiger partial charge in [0, 0.05) is 25.7 Å². The van der Waals surface area contributed by atoms with Gasteiger partial charge in [-0.3, -0.25) is 9.63 Å². The minimum atomic E-state index is -1.34. The van der Waals surface area contributed by atoms with Gasteiger partial charge in [0.1, 0.15) is 11.6 Å². The summed E-state index contributed by atoms with van der Waals surface area (Å²) in [5.74, 6) is -0.695. The van der Waals surface area contributed by atoms with Crippen molar-refractivity contribution in [1.82, 2.24) is 5.32 Å². The molecule has 1 aliphatic heterocycles. The fourth-order valence-electron chi connectivity index (χ4n) is 3.41. The van der Waals surface area contributed by atoms with Crippen molar-refractivity contribution in [3.8, 4) is 0 Å². The molecule has 0 unspecified atom stereocenters. The largest absolute Gasteiger partial charge is 0.534 e. The molecule has 1 aliphatic rings. The molecule has 1 heterocycles. The lowest BCUT2D eigenvalue weighted by molar-refractivity contribution is -0.128. The van der Waals surface area contributed by atoms with Gasteiger partial charge in [-0.1, -0.05) is 30.3 Å². The molecule has 0 aromatic heterocycles. The van der Waals surface area contributed by atoms with E-state index in [-0.39, 0.29) is 6.42 Å². The van der Waals surface area contributed by atoms with Crippen LogP contribution in [0.4, 0.5) is 21.0 Å². The predicted molar refractivity (Wildman–Crippen MR) is 118 cm³/mol. The zero-order valence-electron chi connectivity index (χ0n) is 18.5. The first-order chi connectivity index (χ1) is 15.0. The average molecular weight is 441 g/mol. The molecule has 32 heavy (non-hydrogen) atoms. The first-order valence-corrected chi connectivity index (χ1v) is 10.2. The Hall–Kier alpha value is -3.75. The van der Waals surface area contributed by atoms with Crippen LogP contribution in [-0.2, 0) is 27.3 Å². The summed E-state index contributed by atoms with van der Waals surface area (Å²) in [6.45, 7) is 5.61. The standard InChI is InChI=1S/C23H27N3O6/c1-23(2,3)31-22(30)32-26-19-11-10-15(14-25(4)17-8-6-5-7-9-17)12-16(19)13-18(20(26)27)24-21(28)29/h5-12,18,24H,13-14H2,1-4H3,(H,28,29)/t18-/m0/s1. The van der Waals surface area contributed by atoms with Gasteiger partial charge in [0.25, 0.3) is 5.91 Å². The maximum absolute atomic E-state index is 12.8. The summed E-state index contributed by atoms with van der Waals surface area (Å²) in [5, 5.41) is 12.1. The third-order valence-electron chi connectivity index (χ3n) is 4.75. The zero-order chi connectivity index (χ0) is 23.5. The van der Waals surface area contributed by atoms with Gasteiger partial charge in [-0.05, 0) is 50.1 Å². The van der Waals surface area contributed by atoms with Crippen LogP contribution >= 0.6 is 0 Å². The molecule has 2 N–H and O–H groups in total. The monoisotopic (exact) mass is 441 g/mol. The van der Waals surface area contributed by atoms with Gasteiger partial charge in [0.2, 0.25) is 0 Å². The lowest BCUT2D eigenvalue weighted by atomic mass is 9.96. The van der Waals surface area contributed by atoms with Crippen LogP contribution in [-0.4, -0.2) is 42.0 Å².